The third-order valence-corrected chi connectivity index (χ3v) is 2.46. The van der Waals surface area contributed by atoms with E-state index in [4.69, 9.17) is 0 Å². The second-order valence-electron chi connectivity index (χ2n) is 4.84. The van der Waals surface area contributed by atoms with Crippen molar-refractivity contribution in [2.24, 2.45) is 0 Å². The summed E-state index contributed by atoms with van der Waals surface area (Å²) < 4.78 is 1.94. The Balaban J connectivity index is 2.73. The van der Waals surface area contributed by atoms with Crippen LogP contribution in [0.4, 0.5) is 0 Å². The van der Waals surface area contributed by atoms with Crippen LogP contribution < -0.4 is 0 Å². The molecule has 74 valence electrons. The number of rotatable bonds is 0. The van der Waals surface area contributed by atoms with E-state index in [-0.39, 0.29) is 5.41 Å². The maximum Gasteiger partial charge on any atom is 0.0686 e. The summed E-state index contributed by atoms with van der Waals surface area (Å²) >= 11 is 0. The number of aromatic nitrogens is 2. The molecular formula is C12H16N2. The van der Waals surface area contributed by atoms with Crippen molar-refractivity contribution < 1.29 is 0 Å². The van der Waals surface area contributed by atoms with Crippen molar-refractivity contribution in [3.8, 4) is 0 Å². The lowest BCUT2D eigenvalue weighted by Crippen LogP contribution is -2.10. The number of nitrogens with zero attached hydrogens (tertiary/aromatic N) is 2. The Hall–Kier alpha value is -1.31. The molecule has 2 heteroatoms. The van der Waals surface area contributed by atoms with Crippen LogP contribution in [-0.2, 0) is 5.41 Å². The van der Waals surface area contributed by atoms with Gasteiger partial charge in [0, 0.05) is 6.20 Å². The van der Waals surface area contributed by atoms with Crippen LogP contribution >= 0.6 is 0 Å². The van der Waals surface area contributed by atoms with Crippen LogP contribution in [0, 0.1) is 6.92 Å². The molecule has 0 atom stereocenters. The van der Waals surface area contributed by atoms with Gasteiger partial charge in [-0.25, -0.2) is 4.52 Å². The van der Waals surface area contributed by atoms with Crippen LogP contribution in [0.5, 0.6) is 0 Å². The van der Waals surface area contributed by atoms with Crippen LogP contribution in [0.2, 0.25) is 0 Å². The quantitative estimate of drug-likeness (QED) is 0.621. The first-order chi connectivity index (χ1) is 6.48. The highest BCUT2D eigenvalue weighted by Gasteiger charge is 2.17. The van der Waals surface area contributed by atoms with E-state index < -0.39 is 0 Å². The predicted octanol–water partition coefficient (Wildman–Crippen LogP) is 2.94. The van der Waals surface area contributed by atoms with Crippen LogP contribution in [0.1, 0.15) is 31.9 Å². The van der Waals surface area contributed by atoms with E-state index in [1.165, 1.54) is 16.6 Å². The van der Waals surface area contributed by atoms with E-state index in [1.807, 2.05) is 16.9 Å². The first kappa shape index (κ1) is 9.25. The molecule has 0 N–H and O–H groups in total. The van der Waals surface area contributed by atoms with Crippen molar-refractivity contribution in [1.29, 1.82) is 0 Å². The Kier molecular flexibility index (Phi) is 1.88. The highest BCUT2D eigenvalue weighted by molar-refractivity contribution is 5.58. The Labute approximate surface area is 84.6 Å². The third kappa shape index (κ3) is 1.41. The van der Waals surface area contributed by atoms with Gasteiger partial charge < -0.3 is 0 Å². The largest absolute Gasteiger partial charge is 0.241 e. The molecule has 0 aromatic carbocycles. The van der Waals surface area contributed by atoms with Crippen LogP contribution in [0.15, 0.2) is 24.5 Å². The van der Waals surface area contributed by atoms with E-state index in [9.17, 15) is 0 Å². The Bertz CT molecular complexity index is 461. The van der Waals surface area contributed by atoms with Crippen molar-refractivity contribution >= 4 is 5.52 Å². The molecule has 2 heterocycles. The van der Waals surface area contributed by atoms with Gasteiger partial charge in [-0.15, -0.1) is 0 Å². The maximum absolute atomic E-state index is 4.33. The summed E-state index contributed by atoms with van der Waals surface area (Å²) in [5.74, 6) is 0. The summed E-state index contributed by atoms with van der Waals surface area (Å²) in [6.45, 7) is 8.76. The molecule has 2 aromatic heterocycles. The van der Waals surface area contributed by atoms with E-state index in [1.54, 1.807) is 0 Å². The molecule has 0 bridgehead atoms. The van der Waals surface area contributed by atoms with Crippen molar-refractivity contribution in [3.05, 3.63) is 35.7 Å². The van der Waals surface area contributed by atoms with E-state index in [0.717, 1.165) is 0 Å². The average molecular weight is 188 g/mol. The summed E-state index contributed by atoms with van der Waals surface area (Å²) in [7, 11) is 0. The molecule has 0 radical (unpaired) electrons. The van der Waals surface area contributed by atoms with E-state index >= 15 is 0 Å². The Morgan fingerprint density at radius 2 is 2.00 bits per heavy atom. The molecule has 0 aliphatic carbocycles. The lowest BCUT2D eigenvalue weighted by atomic mass is 9.88. The smallest absolute Gasteiger partial charge is 0.0686 e. The van der Waals surface area contributed by atoms with Gasteiger partial charge >= 0.3 is 0 Å². The molecule has 2 nitrogen and oxygen atoms in total. The highest BCUT2D eigenvalue weighted by Crippen LogP contribution is 2.27. The van der Waals surface area contributed by atoms with Crippen LogP contribution in [-0.4, -0.2) is 9.61 Å². The number of aryl methyl sites for hydroxylation is 1. The van der Waals surface area contributed by atoms with Gasteiger partial charge in [0.2, 0.25) is 0 Å². The second kappa shape index (κ2) is 2.84. The van der Waals surface area contributed by atoms with Gasteiger partial charge in [0.15, 0.2) is 0 Å². The summed E-state index contributed by atoms with van der Waals surface area (Å²) in [6, 6.07) is 4.34. The van der Waals surface area contributed by atoms with Crippen LogP contribution in [0.3, 0.4) is 0 Å². The molecule has 0 saturated carbocycles. The van der Waals surface area contributed by atoms with Crippen molar-refractivity contribution in [1.82, 2.24) is 9.61 Å². The molecule has 2 rings (SSSR count). The highest BCUT2D eigenvalue weighted by atomic mass is 15.2. The molecule has 0 aliphatic rings. The van der Waals surface area contributed by atoms with Gasteiger partial charge in [-0.05, 0) is 35.6 Å². The summed E-state index contributed by atoms with van der Waals surface area (Å²) in [6.07, 6.45) is 3.91. The molecule has 0 spiro atoms. The molecule has 2 aromatic rings. The molecule has 0 amide bonds. The molecule has 0 aliphatic heterocycles. The number of hydrogen-bond acceptors (Lipinski definition) is 1. The van der Waals surface area contributed by atoms with Gasteiger partial charge in [-0.2, -0.15) is 5.10 Å². The minimum absolute atomic E-state index is 0.185. The standard InChI is InChI=1S/C12H16N2/c1-9-7-11-10(12(2,3)4)5-6-14(11)13-8-9/h5-8H,1-4H3. The zero-order chi connectivity index (χ0) is 10.3. The molecule has 0 unspecified atom stereocenters. The molecular weight excluding hydrogens is 172 g/mol. The zero-order valence-corrected chi connectivity index (χ0v) is 9.20. The van der Waals surface area contributed by atoms with Gasteiger partial charge in [0.05, 0.1) is 11.7 Å². The molecule has 0 fully saturated rings. The van der Waals surface area contributed by atoms with Gasteiger partial charge in [0.1, 0.15) is 0 Å². The SMILES string of the molecule is Cc1cnn2ccc(C(C)(C)C)c2c1. The third-order valence-electron chi connectivity index (χ3n) is 2.46. The monoisotopic (exact) mass is 188 g/mol. The fourth-order valence-electron chi connectivity index (χ4n) is 1.72. The van der Waals surface area contributed by atoms with Gasteiger partial charge in [0.25, 0.3) is 0 Å². The van der Waals surface area contributed by atoms with E-state index in [0.29, 0.717) is 0 Å². The zero-order valence-electron chi connectivity index (χ0n) is 9.20. The lowest BCUT2D eigenvalue weighted by Gasteiger charge is -2.17. The second-order valence-corrected chi connectivity index (χ2v) is 4.84. The number of fused-ring (bicyclic) bond motifs is 1. The fourth-order valence-corrected chi connectivity index (χ4v) is 1.72. The predicted molar refractivity (Wildman–Crippen MR) is 58.6 cm³/mol. The van der Waals surface area contributed by atoms with E-state index in [2.05, 4.69) is 44.9 Å². The summed E-state index contributed by atoms with van der Waals surface area (Å²) in [4.78, 5) is 0. The summed E-state index contributed by atoms with van der Waals surface area (Å²) in [5, 5.41) is 4.33. The lowest BCUT2D eigenvalue weighted by molar-refractivity contribution is 0.595. The van der Waals surface area contributed by atoms with Crippen LogP contribution in [0.25, 0.3) is 5.52 Å². The minimum Gasteiger partial charge on any atom is -0.241 e. The van der Waals surface area contributed by atoms with Crippen molar-refractivity contribution in [3.63, 3.8) is 0 Å². The van der Waals surface area contributed by atoms with Gasteiger partial charge in [-0.1, -0.05) is 20.8 Å². The molecule has 14 heavy (non-hydrogen) atoms. The maximum atomic E-state index is 4.33. The Morgan fingerprint density at radius 3 is 2.64 bits per heavy atom. The van der Waals surface area contributed by atoms with Crippen molar-refractivity contribution in [2.75, 3.05) is 0 Å². The summed E-state index contributed by atoms with van der Waals surface area (Å²) in [5.41, 5.74) is 3.97. The Morgan fingerprint density at radius 1 is 1.29 bits per heavy atom. The normalized spacial score (nSPS) is 12.3. The van der Waals surface area contributed by atoms with Gasteiger partial charge in [-0.3, -0.25) is 0 Å². The fraction of sp³-hybridized carbons (Fsp3) is 0.417. The first-order valence-electron chi connectivity index (χ1n) is 4.93. The number of hydrogen-bond donors (Lipinski definition) is 0. The first-order valence-corrected chi connectivity index (χ1v) is 4.93. The average Bonchev–Trinajstić information content (AvgIpc) is 2.45. The molecule has 0 saturated heterocycles. The minimum atomic E-state index is 0.185. The topological polar surface area (TPSA) is 17.3 Å². The van der Waals surface area contributed by atoms with Crippen molar-refractivity contribution in [2.45, 2.75) is 33.1 Å².